The summed E-state index contributed by atoms with van der Waals surface area (Å²) >= 11 is 0. The van der Waals surface area contributed by atoms with Crippen molar-refractivity contribution in [1.29, 1.82) is 0 Å². The first-order valence-corrected chi connectivity index (χ1v) is 5.10. The van der Waals surface area contributed by atoms with Crippen molar-refractivity contribution in [2.75, 3.05) is 20.2 Å². The van der Waals surface area contributed by atoms with Crippen LogP contribution in [0.3, 0.4) is 0 Å². The van der Waals surface area contributed by atoms with Gasteiger partial charge in [-0.05, 0) is 5.56 Å². The molecule has 15 heavy (non-hydrogen) atoms. The minimum Gasteiger partial charge on any atom is -0.469 e. The number of ether oxygens (including phenoxy) is 1. The number of nitrogens with one attached hydrogen (secondary N) is 1. The minimum atomic E-state index is -0.139. The lowest BCUT2D eigenvalue weighted by Gasteiger charge is -2.42. The Balaban J connectivity index is 2.19. The van der Waals surface area contributed by atoms with E-state index in [1.54, 1.807) is 0 Å². The van der Waals surface area contributed by atoms with Crippen LogP contribution in [0.25, 0.3) is 0 Å². The predicted octanol–water partition coefficient (Wildman–Crippen LogP) is 1.09. The highest BCUT2D eigenvalue weighted by atomic mass is 16.5. The van der Waals surface area contributed by atoms with Gasteiger partial charge < -0.3 is 10.1 Å². The van der Waals surface area contributed by atoms with Crippen molar-refractivity contribution in [2.45, 2.75) is 11.8 Å². The summed E-state index contributed by atoms with van der Waals surface area (Å²) in [4.78, 5) is 11.3. The molecule has 1 fully saturated rings. The maximum atomic E-state index is 11.3. The van der Waals surface area contributed by atoms with E-state index in [9.17, 15) is 4.79 Å². The van der Waals surface area contributed by atoms with Crippen molar-refractivity contribution in [2.24, 2.45) is 0 Å². The molecule has 1 heterocycles. The van der Waals surface area contributed by atoms with Gasteiger partial charge in [0.2, 0.25) is 0 Å². The molecule has 2 rings (SSSR count). The molecule has 1 saturated heterocycles. The van der Waals surface area contributed by atoms with Gasteiger partial charge in [0.15, 0.2) is 0 Å². The van der Waals surface area contributed by atoms with Gasteiger partial charge in [0.25, 0.3) is 0 Å². The number of methoxy groups -OCH3 is 1. The molecule has 0 aliphatic carbocycles. The molecule has 0 bridgehead atoms. The molecule has 1 N–H and O–H groups in total. The second-order valence-corrected chi connectivity index (χ2v) is 4.00. The molecule has 3 heteroatoms. The van der Waals surface area contributed by atoms with Gasteiger partial charge in [0.1, 0.15) is 0 Å². The van der Waals surface area contributed by atoms with E-state index in [0.717, 1.165) is 13.1 Å². The normalized spacial score (nSPS) is 17.9. The Bertz CT molecular complexity index is 344. The number of carbonyl (C=O) groups is 1. The molecule has 0 unspecified atom stereocenters. The van der Waals surface area contributed by atoms with Crippen molar-refractivity contribution in [3.63, 3.8) is 0 Å². The Hall–Kier alpha value is -1.35. The number of rotatable bonds is 3. The van der Waals surface area contributed by atoms with Crippen molar-refractivity contribution in [3.05, 3.63) is 35.9 Å². The molecule has 0 spiro atoms. The largest absolute Gasteiger partial charge is 0.469 e. The summed E-state index contributed by atoms with van der Waals surface area (Å²) in [6.07, 6.45) is 0.459. The van der Waals surface area contributed by atoms with Gasteiger partial charge in [-0.1, -0.05) is 30.3 Å². The van der Waals surface area contributed by atoms with Gasteiger partial charge in [0, 0.05) is 18.5 Å². The van der Waals surface area contributed by atoms with Crippen LogP contribution in [-0.4, -0.2) is 26.2 Å². The zero-order valence-corrected chi connectivity index (χ0v) is 8.82. The smallest absolute Gasteiger partial charge is 0.306 e. The second-order valence-electron chi connectivity index (χ2n) is 4.00. The van der Waals surface area contributed by atoms with Gasteiger partial charge in [-0.15, -0.1) is 0 Å². The zero-order chi connectivity index (χ0) is 10.7. The van der Waals surface area contributed by atoms with Crippen LogP contribution in [0.5, 0.6) is 0 Å². The first-order valence-electron chi connectivity index (χ1n) is 5.10. The minimum absolute atomic E-state index is 0.0473. The summed E-state index contributed by atoms with van der Waals surface area (Å²) in [6, 6.07) is 10.1. The molecule has 0 radical (unpaired) electrons. The van der Waals surface area contributed by atoms with E-state index in [1.807, 2.05) is 18.2 Å². The lowest BCUT2D eigenvalue weighted by atomic mass is 9.73. The molecule has 1 aromatic rings. The molecule has 0 amide bonds. The third-order valence-electron chi connectivity index (χ3n) is 3.02. The molecule has 0 atom stereocenters. The fourth-order valence-corrected chi connectivity index (χ4v) is 2.00. The number of esters is 1. The summed E-state index contributed by atoms with van der Waals surface area (Å²) in [6.45, 7) is 1.71. The van der Waals surface area contributed by atoms with Crippen LogP contribution in [0.15, 0.2) is 30.3 Å². The van der Waals surface area contributed by atoms with E-state index in [0.29, 0.717) is 6.42 Å². The molecule has 0 saturated carbocycles. The predicted molar refractivity (Wildman–Crippen MR) is 57.6 cm³/mol. The molecular weight excluding hydrogens is 190 g/mol. The summed E-state index contributed by atoms with van der Waals surface area (Å²) in [7, 11) is 1.44. The maximum Gasteiger partial charge on any atom is 0.306 e. The van der Waals surface area contributed by atoms with E-state index in [1.165, 1.54) is 12.7 Å². The second kappa shape index (κ2) is 4.03. The van der Waals surface area contributed by atoms with E-state index in [-0.39, 0.29) is 11.4 Å². The highest BCUT2D eigenvalue weighted by Gasteiger charge is 2.40. The van der Waals surface area contributed by atoms with Crippen molar-refractivity contribution >= 4 is 5.97 Å². The SMILES string of the molecule is COC(=O)CC1(c2ccccc2)CNC1. The molecule has 1 aliphatic heterocycles. The topological polar surface area (TPSA) is 38.3 Å². The lowest BCUT2D eigenvalue weighted by molar-refractivity contribution is -0.142. The number of carbonyl (C=O) groups excluding carboxylic acids is 1. The van der Waals surface area contributed by atoms with Gasteiger partial charge in [0.05, 0.1) is 13.5 Å². The van der Waals surface area contributed by atoms with Crippen molar-refractivity contribution in [3.8, 4) is 0 Å². The Labute approximate surface area is 89.4 Å². The zero-order valence-electron chi connectivity index (χ0n) is 8.82. The summed E-state index contributed by atoms with van der Waals surface area (Å²) in [5.41, 5.74) is 1.17. The van der Waals surface area contributed by atoms with E-state index in [4.69, 9.17) is 4.74 Å². The highest BCUT2D eigenvalue weighted by Crippen LogP contribution is 2.32. The van der Waals surface area contributed by atoms with Crippen LogP contribution >= 0.6 is 0 Å². The Morgan fingerprint density at radius 1 is 1.40 bits per heavy atom. The van der Waals surface area contributed by atoms with Crippen LogP contribution in [-0.2, 0) is 14.9 Å². The van der Waals surface area contributed by atoms with Crippen molar-refractivity contribution in [1.82, 2.24) is 5.32 Å². The standard InChI is InChI=1S/C12H15NO2/c1-15-11(14)7-12(8-13-9-12)10-5-3-2-4-6-10/h2-6,13H,7-9H2,1H3. The third-order valence-corrected chi connectivity index (χ3v) is 3.02. The lowest BCUT2D eigenvalue weighted by Crippen LogP contribution is -2.57. The quantitative estimate of drug-likeness (QED) is 0.751. The van der Waals surface area contributed by atoms with Gasteiger partial charge in [-0.25, -0.2) is 0 Å². The number of benzene rings is 1. The average Bonchev–Trinajstić information content (AvgIpc) is 2.24. The monoisotopic (exact) mass is 205 g/mol. The van der Waals surface area contributed by atoms with Crippen LogP contribution in [0.2, 0.25) is 0 Å². The first-order chi connectivity index (χ1) is 7.27. The van der Waals surface area contributed by atoms with Crippen molar-refractivity contribution < 1.29 is 9.53 Å². The van der Waals surface area contributed by atoms with Gasteiger partial charge >= 0.3 is 5.97 Å². The maximum absolute atomic E-state index is 11.3. The molecule has 3 nitrogen and oxygen atoms in total. The summed E-state index contributed by atoms with van der Waals surface area (Å²) in [5, 5.41) is 3.22. The molecule has 80 valence electrons. The summed E-state index contributed by atoms with van der Waals surface area (Å²) < 4.78 is 4.74. The number of hydrogen-bond acceptors (Lipinski definition) is 3. The van der Waals surface area contributed by atoms with Crippen LogP contribution < -0.4 is 5.32 Å². The van der Waals surface area contributed by atoms with E-state index in [2.05, 4.69) is 17.4 Å². The number of hydrogen-bond donors (Lipinski definition) is 1. The Morgan fingerprint density at radius 2 is 2.07 bits per heavy atom. The van der Waals surface area contributed by atoms with Crippen LogP contribution in [0.1, 0.15) is 12.0 Å². The Kier molecular flexibility index (Phi) is 2.73. The molecule has 0 aromatic heterocycles. The average molecular weight is 205 g/mol. The highest BCUT2D eigenvalue weighted by molar-refractivity contribution is 5.71. The first kappa shape index (κ1) is 10.2. The fourth-order valence-electron chi connectivity index (χ4n) is 2.00. The van der Waals surface area contributed by atoms with Crippen LogP contribution in [0.4, 0.5) is 0 Å². The van der Waals surface area contributed by atoms with E-state index < -0.39 is 0 Å². The molecule has 1 aliphatic rings. The molecule has 1 aromatic carbocycles. The van der Waals surface area contributed by atoms with Gasteiger partial charge in [-0.2, -0.15) is 0 Å². The summed E-state index contributed by atoms with van der Waals surface area (Å²) in [5.74, 6) is -0.139. The third kappa shape index (κ3) is 1.88. The fraction of sp³-hybridized carbons (Fsp3) is 0.417. The van der Waals surface area contributed by atoms with Gasteiger partial charge in [-0.3, -0.25) is 4.79 Å². The van der Waals surface area contributed by atoms with Crippen LogP contribution in [0, 0.1) is 0 Å². The van der Waals surface area contributed by atoms with E-state index >= 15 is 0 Å². The molecular formula is C12H15NO2. The Morgan fingerprint density at radius 3 is 2.53 bits per heavy atom.